The van der Waals surface area contributed by atoms with Crippen LogP contribution in [0.3, 0.4) is 0 Å². The van der Waals surface area contributed by atoms with Crippen LogP contribution in [-0.4, -0.2) is 21.2 Å². The number of nitrogens with zero attached hydrogens (tertiary/aromatic N) is 2. The fraction of sp³-hybridized carbons (Fsp3) is 0.600. The van der Waals surface area contributed by atoms with Crippen molar-refractivity contribution in [2.45, 2.75) is 33.3 Å². The lowest BCUT2D eigenvalue weighted by atomic mass is 10.0. The van der Waals surface area contributed by atoms with Gasteiger partial charge in [-0.2, -0.15) is 0 Å². The Morgan fingerprint density at radius 3 is 2.69 bits per heavy atom. The average molecular weight is 180 g/mol. The Bertz CT molecular complexity index is 273. The van der Waals surface area contributed by atoms with E-state index in [1.165, 1.54) is 0 Å². The summed E-state index contributed by atoms with van der Waals surface area (Å²) >= 11 is 0. The van der Waals surface area contributed by atoms with Crippen LogP contribution in [-0.2, 0) is 6.42 Å². The Hall–Kier alpha value is -0.960. The summed E-state index contributed by atoms with van der Waals surface area (Å²) < 4.78 is 0. The van der Waals surface area contributed by atoms with Gasteiger partial charge in [0, 0.05) is 18.3 Å². The van der Waals surface area contributed by atoms with Gasteiger partial charge >= 0.3 is 0 Å². The SMILES string of the molecule is Cc1nccc(CC(O)C(C)C)n1. The van der Waals surface area contributed by atoms with Crippen molar-refractivity contribution in [1.82, 2.24) is 9.97 Å². The smallest absolute Gasteiger partial charge is 0.125 e. The molecule has 0 aliphatic rings. The van der Waals surface area contributed by atoms with Crippen LogP contribution in [0, 0.1) is 12.8 Å². The molecule has 0 amide bonds. The summed E-state index contributed by atoms with van der Waals surface area (Å²) in [6.45, 7) is 5.85. The van der Waals surface area contributed by atoms with Crippen molar-refractivity contribution in [2.24, 2.45) is 5.92 Å². The molecule has 0 saturated heterocycles. The maximum atomic E-state index is 9.61. The highest BCUT2D eigenvalue weighted by Gasteiger charge is 2.10. The molecular formula is C10H16N2O. The molecule has 0 saturated carbocycles. The molecule has 13 heavy (non-hydrogen) atoms. The Morgan fingerprint density at radius 2 is 2.15 bits per heavy atom. The van der Waals surface area contributed by atoms with Crippen LogP contribution in [0.1, 0.15) is 25.4 Å². The maximum Gasteiger partial charge on any atom is 0.125 e. The third kappa shape index (κ3) is 3.11. The van der Waals surface area contributed by atoms with Gasteiger partial charge in [-0.15, -0.1) is 0 Å². The lowest BCUT2D eigenvalue weighted by Crippen LogP contribution is -2.18. The van der Waals surface area contributed by atoms with E-state index in [1.54, 1.807) is 6.20 Å². The molecule has 1 rings (SSSR count). The molecule has 0 aliphatic carbocycles. The molecule has 1 aromatic rings. The molecular weight excluding hydrogens is 164 g/mol. The van der Waals surface area contributed by atoms with E-state index in [4.69, 9.17) is 0 Å². The van der Waals surface area contributed by atoms with Crippen molar-refractivity contribution in [1.29, 1.82) is 0 Å². The molecule has 1 aromatic heterocycles. The zero-order valence-electron chi connectivity index (χ0n) is 8.36. The van der Waals surface area contributed by atoms with Crippen LogP contribution >= 0.6 is 0 Å². The lowest BCUT2D eigenvalue weighted by Gasteiger charge is -2.13. The van der Waals surface area contributed by atoms with Crippen molar-refractivity contribution in [3.8, 4) is 0 Å². The number of aryl methyl sites for hydroxylation is 1. The lowest BCUT2D eigenvalue weighted by molar-refractivity contribution is 0.124. The molecule has 0 fully saturated rings. The first-order valence-corrected chi connectivity index (χ1v) is 4.56. The Balaban J connectivity index is 2.64. The second-order valence-corrected chi connectivity index (χ2v) is 3.61. The summed E-state index contributed by atoms with van der Waals surface area (Å²) in [5, 5.41) is 9.61. The van der Waals surface area contributed by atoms with Crippen LogP contribution in [0.15, 0.2) is 12.3 Å². The quantitative estimate of drug-likeness (QED) is 0.763. The number of aliphatic hydroxyl groups is 1. The van der Waals surface area contributed by atoms with E-state index < -0.39 is 0 Å². The number of rotatable bonds is 3. The van der Waals surface area contributed by atoms with E-state index in [0.29, 0.717) is 6.42 Å². The van der Waals surface area contributed by atoms with Crippen LogP contribution in [0.4, 0.5) is 0 Å². The summed E-state index contributed by atoms with van der Waals surface area (Å²) in [5.41, 5.74) is 0.911. The summed E-state index contributed by atoms with van der Waals surface area (Å²) in [6, 6.07) is 1.85. The molecule has 0 spiro atoms. The van der Waals surface area contributed by atoms with E-state index in [-0.39, 0.29) is 12.0 Å². The van der Waals surface area contributed by atoms with Gasteiger partial charge in [0.25, 0.3) is 0 Å². The second-order valence-electron chi connectivity index (χ2n) is 3.61. The summed E-state index contributed by atoms with van der Waals surface area (Å²) in [6.07, 6.45) is 2.03. The van der Waals surface area contributed by atoms with Gasteiger partial charge in [-0.05, 0) is 18.9 Å². The van der Waals surface area contributed by atoms with Crippen molar-refractivity contribution in [3.63, 3.8) is 0 Å². The van der Waals surface area contributed by atoms with E-state index in [9.17, 15) is 5.11 Å². The van der Waals surface area contributed by atoms with Crippen molar-refractivity contribution >= 4 is 0 Å². The summed E-state index contributed by atoms with van der Waals surface area (Å²) in [5.74, 6) is 1.03. The summed E-state index contributed by atoms with van der Waals surface area (Å²) in [4.78, 5) is 8.22. The molecule has 0 aliphatic heterocycles. The van der Waals surface area contributed by atoms with Crippen molar-refractivity contribution in [3.05, 3.63) is 23.8 Å². The molecule has 0 radical (unpaired) electrons. The zero-order valence-corrected chi connectivity index (χ0v) is 8.36. The van der Waals surface area contributed by atoms with Gasteiger partial charge in [-0.25, -0.2) is 9.97 Å². The summed E-state index contributed by atoms with van der Waals surface area (Å²) in [7, 11) is 0. The van der Waals surface area contributed by atoms with Crippen LogP contribution in [0.25, 0.3) is 0 Å². The van der Waals surface area contributed by atoms with E-state index >= 15 is 0 Å². The molecule has 3 nitrogen and oxygen atoms in total. The molecule has 0 bridgehead atoms. The number of hydrogen-bond acceptors (Lipinski definition) is 3. The highest BCUT2D eigenvalue weighted by Crippen LogP contribution is 2.07. The van der Waals surface area contributed by atoms with Gasteiger partial charge in [-0.3, -0.25) is 0 Å². The molecule has 1 unspecified atom stereocenters. The van der Waals surface area contributed by atoms with Gasteiger partial charge in [0.2, 0.25) is 0 Å². The highest BCUT2D eigenvalue weighted by atomic mass is 16.3. The van der Waals surface area contributed by atoms with Gasteiger partial charge in [0.1, 0.15) is 5.82 Å². The zero-order chi connectivity index (χ0) is 9.84. The monoisotopic (exact) mass is 180 g/mol. The van der Waals surface area contributed by atoms with Crippen LogP contribution < -0.4 is 0 Å². The van der Waals surface area contributed by atoms with Gasteiger partial charge < -0.3 is 5.11 Å². The minimum atomic E-state index is -0.311. The number of aliphatic hydroxyl groups excluding tert-OH is 1. The first kappa shape index (κ1) is 10.1. The number of hydrogen-bond donors (Lipinski definition) is 1. The maximum absolute atomic E-state index is 9.61. The standard InChI is InChI=1S/C10H16N2O/c1-7(2)10(13)6-9-4-5-11-8(3)12-9/h4-5,7,10,13H,6H2,1-3H3. The molecule has 3 heteroatoms. The number of aromatic nitrogens is 2. The first-order chi connectivity index (χ1) is 6.09. The average Bonchev–Trinajstić information content (AvgIpc) is 2.04. The van der Waals surface area contributed by atoms with Crippen molar-refractivity contribution < 1.29 is 5.11 Å². The largest absolute Gasteiger partial charge is 0.392 e. The fourth-order valence-corrected chi connectivity index (χ4v) is 1.07. The van der Waals surface area contributed by atoms with Crippen LogP contribution in [0.5, 0.6) is 0 Å². The fourth-order valence-electron chi connectivity index (χ4n) is 1.07. The van der Waals surface area contributed by atoms with E-state index in [1.807, 2.05) is 26.8 Å². The van der Waals surface area contributed by atoms with E-state index in [0.717, 1.165) is 11.5 Å². The van der Waals surface area contributed by atoms with Gasteiger partial charge in [0.05, 0.1) is 6.10 Å². The van der Waals surface area contributed by atoms with E-state index in [2.05, 4.69) is 9.97 Å². The van der Waals surface area contributed by atoms with Crippen molar-refractivity contribution in [2.75, 3.05) is 0 Å². The Morgan fingerprint density at radius 1 is 1.46 bits per heavy atom. The molecule has 1 atom stereocenters. The van der Waals surface area contributed by atoms with Crippen LogP contribution in [0.2, 0.25) is 0 Å². The highest BCUT2D eigenvalue weighted by molar-refractivity contribution is 5.02. The van der Waals surface area contributed by atoms with Gasteiger partial charge in [-0.1, -0.05) is 13.8 Å². The second kappa shape index (κ2) is 4.33. The molecule has 0 aromatic carbocycles. The molecule has 72 valence electrons. The Labute approximate surface area is 78.9 Å². The topological polar surface area (TPSA) is 46.0 Å². The predicted molar refractivity (Wildman–Crippen MR) is 51.3 cm³/mol. The molecule has 1 heterocycles. The third-order valence-corrected chi connectivity index (χ3v) is 2.02. The molecule has 1 N–H and O–H groups in total. The third-order valence-electron chi connectivity index (χ3n) is 2.02. The van der Waals surface area contributed by atoms with Gasteiger partial charge in [0.15, 0.2) is 0 Å². The minimum Gasteiger partial charge on any atom is -0.392 e. The minimum absolute atomic E-state index is 0.273. The predicted octanol–water partition coefficient (Wildman–Crippen LogP) is 1.34. The Kier molecular flexibility index (Phi) is 3.37. The normalized spacial score (nSPS) is 13.3. The first-order valence-electron chi connectivity index (χ1n) is 4.56.